The fourth-order valence-corrected chi connectivity index (χ4v) is 3.27. The Balaban J connectivity index is 1.77. The summed E-state index contributed by atoms with van der Waals surface area (Å²) in [6.45, 7) is 1.60. The van der Waals surface area contributed by atoms with Gasteiger partial charge in [0.2, 0.25) is 5.91 Å². The highest BCUT2D eigenvalue weighted by atomic mass is 19.4. The molecular formula is C25H23F3N2O2. The molecule has 2 amide bonds. The van der Waals surface area contributed by atoms with Gasteiger partial charge >= 0.3 is 6.18 Å². The maximum Gasteiger partial charge on any atom is 0.416 e. The van der Waals surface area contributed by atoms with E-state index in [1.165, 1.54) is 12.1 Å². The Morgan fingerprint density at radius 2 is 1.47 bits per heavy atom. The topological polar surface area (TPSA) is 58.2 Å². The normalized spacial score (nSPS) is 13.1. The van der Waals surface area contributed by atoms with E-state index in [4.69, 9.17) is 0 Å². The van der Waals surface area contributed by atoms with Gasteiger partial charge in [0.25, 0.3) is 5.91 Å². The summed E-state index contributed by atoms with van der Waals surface area (Å²) in [5, 5.41) is 5.47. The second kappa shape index (κ2) is 10.1. The van der Waals surface area contributed by atoms with E-state index in [1.807, 2.05) is 30.3 Å². The van der Waals surface area contributed by atoms with Crippen LogP contribution in [0.25, 0.3) is 0 Å². The molecule has 3 rings (SSSR count). The molecule has 0 fully saturated rings. The van der Waals surface area contributed by atoms with Crippen molar-refractivity contribution in [3.63, 3.8) is 0 Å². The lowest BCUT2D eigenvalue weighted by atomic mass is 10.0. The van der Waals surface area contributed by atoms with Gasteiger partial charge in [-0.3, -0.25) is 9.59 Å². The van der Waals surface area contributed by atoms with Crippen molar-refractivity contribution in [2.24, 2.45) is 0 Å². The number of halogens is 3. The third kappa shape index (κ3) is 6.20. The van der Waals surface area contributed by atoms with Gasteiger partial charge in [-0.05, 0) is 42.3 Å². The van der Waals surface area contributed by atoms with Crippen LogP contribution < -0.4 is 10.6 Å². The van der Waals surface area contributed by atoms with E-state index in [1.54, 1.807) is 37.3 Å². The number of carbonyl (C=O) groups is 2. The van der Waals surface area contributed by atoms with E-state index < -0.39 is 35.6 Å². The lowest BCUT2D eigenvalue weighted by molar-refractivity contribution is -0.137. The summed E-state index contributed by atoms with van der Waals surface area (Å²) >= 11 is 0. The van der Waals surface area contributed by atoms with Crippen molar-refractivity contribution < 1.29 is 22.8 Å². The quantitative estimate of drug-likeness (QED) is 0.548. The Labute approximate surface area is 184 Å². The molecule has 2 atom stereocenters. The molecule has 0 aliphatic heterocycles. The largest absolute Gasteiger partial charge is 0.416 e. The number of hydrogen-bond acceptors (Lipinski definition) is 2. The van der Waals surface area contributed by atoms with Gasteiger partial charge in [0.1, 0.15) is 6.04 Å². The molecule has 3 aromatic carbocycles. The SMILES string of the molecule is C[C@@H](NC(=O)[C@@H](Cc1ccccc1)NC(=O)c1ccccc1)c1cccc(C(F)(F)F)c1. The van der Waals surface area contributed by atoms with Gasteiger partial charge in [-0.2, -0.15) is 13.2 Å². The number of hydrogen-bond donors (Lipinski definition) is 2. The molecule has 2 N–H and O–H groups in total. The van der Waals surface area contributed by atoms with Crippen LogP contribution in [0, 0.1) is 0 Å². The summed E-state index contributed by atoms with van der Waals surface area (Å²) < 4.78 is 39.1. The summed E-state index contributed by atoms with van der Waals surface area (Å²) in [5.74, 6) is -0.892. The third-order valence-electron chi connectivity index (χ3n) is 5.01. The minimum Gasteiger partial charge on any atom is -0.348 e. The Bertz CT molecular complexity index is 1050. The van der Waals surface area contributed by atoms with Crippen LogP contribution in [-0.2, 0) is 17.4 Å². The molecule has 0 aromatic heterocycles. The molecule has 0 heterocycles. The van der Waals surface area contributed by atoms with Crippen molar-refractivity contribution in [2.45, 2.75) is 31.6 Å². The lowest BCUT2D eigenvalue weighted by Gasteiger charge is -2.22. The van der Waals surface area contributed by atoms with Crippen molar-refractivity contribution >= 4 is 11.8 Å². The van der Waals surface area contributed by atoms with Gasteiger partial charge in [-0.1, -0.05) is 60.7 Å². The first-order valence-corrected chi connectivity index (χ1v) is 10.1. The van der Waals surface area contributed by atoms with Gasteiger partial charge in [0.05, 0.1) is 11.6 Å². The summed E-state index contributed by atoms with van der Waals surface area (Å²) in [7, 11) is 0. The molecule has 0 aliphatic carbocycles. The van der Waals surface area contributed by atoms with Crippen molar-refractivity contribution in [1.82, 2.24) is 10.6 Å². The number of carbonyl (C=O) groups excluding carboxylic acids is 2. The first-order chi connectivity index (χ1) is 15.2. The Kier molecular flexibility index (Phi) is 7.30. The van der Waals surface area contributed by atoms with Crippen LogP contribution in [0.2, 0.25) is 0 Å². The first-order valence-electron chi connectivity index (χ1n) is 10.1. The molecule has 7 heteroatoms. The fraction of sp³-hybridized carbons (Fsp3) is 0.200. The molecule has 0 saturated heterocycles. The second-order valence-corrected chi connectivity index (χ2v) is 7.44. The summed E-state index contributed by atoms with van der Waals surface area (Å²) in [6, 6.07) is 20.9. The highest BCUT2D eigenvalue weighted by molar-refractivity contribution is 5.97. The zero-order valence-corrected chi connectivity index (χ0v) is 17.4. The second-order valence-electron chi connectivity index (χ2n) is 7.44. The molecule has 0 bridgehead atoms. The minimum atomic E-state index is -4.47. The van der Waals surface area contributed by atoms with Crippen LogP contribution in [0.3, 0.4) is 0 Å². The Hall–Kier alpha value is -3.61. The Morgan fingerprint density at radius 3 is 2.09 bits per heavy atom. The van der Waals surface area contributed by atoms with E-state index in [-0.39, 0.29) is 6.42 Å². The van der Waals surface area contributed by atoms with Crippen LogP contribution >= 0.6 is 0 Å². The number of benzene rings is 3. The zero-order chi connectivity index (χ0) is 23.1. The number of rotatable bonds is 7. The Morgan fingerprint density at radius 1 is 0.844 bits per heavy atom. The van der Waals surface area contributed by atoms with Crippen molar-refractivity contribution in [3.8, 4) is 0 Å². The molecule has 0 aliphatic rings. The number of amides is 2. The molecule has 0 spiro atoms. The smallest absolute Gasteiger partial charge is 0.348 e. The molecular weight excluding hydrogens is 417 g/mol. The van der Waals surface area contributed by atoms with Crippen LogP contribution in [0.15, 0.2) is 84.9 Å². The van der Waals surface area contributed by atoms with Crippen LogP contribution in [0.4, 0.5) is 13.2 Å². The fourth-order valence-electron chi connectivity index (χ4n) is 3.27. The molecule has 0 radical (unpaired) electrons. The van der Waals surface area contributed by atoms with E-state index in [0.29, 0.717) is 11.1 Å². The van der Waals surface area contributed by atoms with Gasteiger partial charge in [-0.25, -0.2) is 0 Å². The molecule has 0 unspecified atom stereocenters. The van der Waals surface area contributed by atoms with Crippen molar-refractivity contribution in [2.75, 3.05) is 0 Å². The zero-order valence-electron chi connectivity index (χ0n) is 17.4. The van der Waals surface area contributed by atoms with E-state index in [0.717, 1.165) is 17.7 Å². The van der Waals surface area contributed by atoms with Crippen LogP contribution in [0.5, 0.6) is 0 Å². The average Bonchev–Trinajstić information content (AvgIpc) is 2.79. The summed E-state index contributed by atoms with van der Waals surface area (Å²) in [6.07, 6.45) is -4.24. The van der Waals surface area contributed by atoms with E-state index in [2.05, 4.69) is 10.6 Å². The maximum absolute atomic E-state index is 13.0. The monoisotopic (exact) mass is 440 g/mol. The predicted octanol–water partition coefficient (Wildman–Crippen LogP) is 4.92. The predicted molar refractivity (Wildman–Crippen MR) is 116 cm³/mol. The lowest BCUT2D eigenvalue weighted by Crippen LogP contribution is -2.48. The van der Waals surface area contributed by atoms with Gasteiger partial charge < -0.3 is 10.6 Å². The van der Waals surface area contributed by atoms with Crippen molar-refractivity contribution in [3.05, 3.63) is 107 Å². The maximum atomic E-state index is 13.0. The number of alkyl halides is 3. The van der Waals surface area contributed by atoms with Crippen molar-refractivity contribution in [1.29, 1.82) is 0 Å². The average molecular weight is 440 g/mol. The first kappa shape index (κ1) is 23.1. The summed E-state index contributed by atoms with van der Waals surface area (Å²) in [4.78, 5) is 25.7. The molecule has 166 valence electrons. The highest BCUT2D eigenvalue weighted by Crippen LogP contribution is 2.30. The summed E-state index contributed by atoms with van der Waals surface area (Å²) in [5.41, 5.74) is 0.785. The van der Waals surface area contributed by atoms with Gasteiger partial charge in [0, 0.05) is 12.0 Å². The van der Waals surface area contributed by atoms with Crippen LogP contribution in [0.1, 0.15) is 40.0 Å². The number of nitrogens with one attached hydrogen (secondary N) is 2. The molecule has 0 saturated carbocycles. The molecule has 3 aromatic rings. The van der Waals surface area contributed by atoms with E-state index in [9.17, 15) is 22.8 Å². The minimum absolute atomic E-state index is 0.237. The van der Waals surface area contributed by atoms with E-state index >= 15 is 0 Å². The van der Waals surface area contributed by atoms with Gasteiger partial charge in [-0.15, -0.1) is 0 Å². The molecule has 4 nitrogen and oxygen atoms in total. The third-order valence-corrected chi connectivity index (χ3v) is 5.01. The van der Waals surface area contributed by atoms with Crippen LogP contribution in [-0.4, -0.2) is 17.9 Å². The van der Waals surface area contributed by atoms with Gasteiger partial charge in [0.15, 0.2) is 0 Å². The molecule has 32 heavy (non-hydrogen) atoms. The standard InChI is InChI=1S/C25H23F3N2O2/c1-17(20-13-8-14-21(16-20)25(26,27)28)29-24(32)22(15-18-9-4-2-5-10-18)30-23(31)19-11-6-3-7-12-19/h2-14,16-17,22H,15H2,1H3,(H,29,32)(H,30,31)/t17-,22-/m1/s1. The highest BCUT2D eigenvalue weighted by Gasteiger charge is 2.31.